The normalized spacial score (nSPS) is 23.9. The van der Waals surface area contributed by atoms with Crippen LogP contribution < -0.4 is 0 Å². The van der Waals surface area contributed by atoms with Gasteiger partial charge in [-0.3, -0.25) is 0 Å². The summed E-state index contributed by atoms with van der Waals surface area (Å²) in [5.74, 6) is 0.732. The Kier molecular flexibility index (Phi) is 3.65. The van der Waals surface area contributed by atoms with Gasteiger partial charge in [0.2, 0.25) is 0 Å². The summed E-state index contributed by atoms with van der Waals surface area (Å²) in [6, 6.07) is 0. The summed E-state index contributed by atoms with van der Waals surface area (Å²) in [4.78, 5) is 0. The summed E-state index contributed by atoms with van der Waals surface area (Å²) in [5.41, 5.74) is 0.832. The SMILES string of the molecule is COC1=C(Cl)C(C)=C(Cl)C(OC)C1. The van der Waals surface area contributed by atoms with Gasteiger partial charge in [0.1, 0.15) is 11.9 Å². The van der Waals surface area contributed by atoms with Crippen molar-refractivity contribution in [1.82, 2.24) is 0 Å². The van der Waals surface area contributed by atoms with E-state index >= 15 is 0 Å². The molecule has 0 saturated carbocycles. The minimum Gasteiger partial charge on any atom is -0.499 e. The van der Waals surface area contributed by atoms with Crippen LogP contribution in [0.15, 0.2) is 21.4 Å². The highest BCUT2D eigenvalue weighted by atomic mass is 35.5. The Labute approximate surface area is 88.1 Å². The molecule has 0 spiro atoms. The van der Waals surface area contributed by atoms with Gasteiger partial charge in [-0.1, -0.05) is 23.2 Å². The molecule has 0 radical (unpaired) electrons. The number of allylic oxidation sites excluding steroid dienone is 2. The van der Waals surface area contributed by atoms with Gasteiger partial charge in [0.25, 0.3) is 0 Å². The van der Waals surface area contributed by atoms with Gasteiger partial charge in [0.15, 0.2) is 0 Å². The maximum Gasteiger partial charge on any atom is 0.117 e. The van der Waals surface area contributed by atoms with Crippen molar-refractivity contribution < 1.29 is 9.47 Å². The molecular formula is C9H12Cl2O2. The van der Waals surface area contributed by atoms with Gasteiger partial charge in [-0.2, -0.15) is 0 Å². The molecule has 1 aliphatic rings. The van der Waals surface area contributed by atoms with Crippen molar-refractivity contribution in [2.24, 2.45) is 0 Å². The molecule has 0 aliphatic heterocycles. The summed E-state index contributed by atoms with van der Waals surface area (Å²) in [7, 11) is 3.21. The molecule has 1 atom stereocenters. The molecule has 0 saturated heterocycles. The maximum atomic E-state index is 6.03. The van der Waals surface area contributed by atoms with E-state index in [1.54, 1.807) is 14.2 Å². The second-order valence-corrected chi connectivity index (χ2v) is 3.63. The molecule has 1 aliphatic carbocycles. The average Bonchev–Trinajstić information content (AvgIpc) is 2.15. The minimum absolute atomic E-state index is 0.126. The Morgan fingerprint density at radius 1 is 1.31 bits per heavy atom. The van der Waals surface area contributed by atoms with Crippen molar-refractivity contribution in [2.45, 2.75) is 19.4 Å². The maximum absolute atomic E-state index is 6.03. The van der Waals surface area contributed by atoms with Crippen LogP contribution in [0, 0.1) is 0 Å². The largest absolute Gasteiger partial charge is 0.499 e. The predicted molar refractivity (Wildman–Crippen MR) is 53.9 cm³/mol. The van der Waals surface area contributed by atoms with Gasteiger partial charge in [-0.15, -0.1) is 0 Å². The van der Waals surface area contributed by atoms with Gasteiger partial charge < -0.3 is 9.47 Å². The van der Waals surface area contributed by atoms with Crippen molar-refractivity contribution in [3.63, 3.8) is 0 Å². The fraction of sp³-hybridized carbons (Fsp3) is 0.556. The second-order valence-electron chi connectivity index (χ2n) is 2.84. The second kappa shape index (κ2) is 4.36. The molecule has 0 amide bonds. The Balaban J connectivity index is 3.03. The van der Waals surface area contributed by atoms with Crippen LogP contribution in [0.5, 0.6) is 0 Å². The quantitative estimate of drug-likeness (QED) is 0.716. The third-order valence-electron chi connectivity index (χ3n) is 2.12. The molecule has 0 heterocycles. The van der Waals surface area contributed by atoms with Crippen LogP contribution in [0.25, 0.3) is 0 Å². The van der Waals surface area contributed by atoms with Crippen molar-refractivity contribution in [3.8, 4) is 0 Å². The van der Waals surface area contributed by atoms with Crippen LogP contribution in [-0.2, 0) is 9.47 Å². The molecule has 0 bridgehead atoms. The highest BCUT2D eigenvalue weighted by Gasteiger charge is 2.25. The first-order chi connectivity index (χ1) is 6.11. The molecule has 0 aromatic rings. The molecule has 0 N–H and O–H groups in total. The third-order valence-corrected chi connectivity index (χ3v) is 3.14. The fourth-order valence-electron chi connectivity index (χ4n) is 1.26. The van der Waals surface area contributed by atoms with Crippen LogP contribution >= 0.6 is 23.2 Å². The predicted octanol–water partition coefficient (Wildman–Crippen LogP) is 3.01. The summed E-state index contributed by atoms with van der Waals surface area (Å²) in [6.45, 7) is 1.86. The highest BCUT2D eigenvalue weighted by molar-refractivity contribution is 6.36. The fourth-order valence-corrected chi connectivity index (χ4v) is 1.83. The van der Waals surface area contributed by atoms with E-state index in [-0.39, 0.29) is 6.10 Å². The lowest BCUT2D eigenvalue weighted by Gasteiger charge is -2.23. The highest BCUT2D eigenvalue weighted by Crippen LogP contribution is 2.35. The Morgan fingerprint density at radius 3 is 2.38 bits per heavy atom. The molecule has 4 heteroatoms. The zero-order valence-electron chi connectivity index (χ0n) is 7.86. The zero-order chi connectivity index (χ0) is 10.0. The molecule has 0 aromatic heterocycles. The van der Waals surface area contributed by atoms with Crippen LogP contribution in [0.3, 0.4) is 0 Å². The van der Waals surface area contributed by atoms with Crippen LogP contribution in [0.2, 0.25) is 0 Å². The molecule has 13 heavy (non-hydrogen) atoms. The van der Waals surface area contributed by atoms with Gasteiger partial charge >= 0.3 is 0 Å². The summed E-state index contributed by atoms with van der Waals surface area (Å²) in [5, 5.41) is 1.26. The van der Waals surface area contributed by atoms with Gasteiger partial charge in [0, 0.05) is 13.5 Å². The lowest BCUT2D eigenvalue weighted by atomic mass is 10.0. The summed E-state index contributed by atoms with van der Waals surface area (Å²) >= 11 is 12.0. The summed E-state index contributed by atoms with van der Waals surface area (Å²) in [6.07, 6.45) is 0.473. The molecule has 1 unspecified atom stereocenters. The number of hydrogen-bond acceptors (Lipinski definition) is 2. The molecule has 1 rings (SSSR count). The van der Waals surface area contributed by atoms with Crippen molar-refractivity contribution >= 4 is 23.2 Å². The van der Waals surface area contributed by atoms with E-state index in [1.807, 2.05) is 6.92 Å². The first kappa shape index (κ1) is 10.9. The molecule has 0 fully saturated rings. The molecule has 0 aromatic carbocycles. The number of ether oxygens (including phenoxy) is 2. The van der Waals surface area contributed by atoms with E-state index in [1.165, 1.54) is 0 Å². The van der Waals surface area contributed by atoms with Crippen LogP contribution in [-0.4, -0.2) is 20.3 Å². The van der Waals surface area contributed by atoms with E-state index < -0.39 is 0 Å². The van der Waals surface area contributed by atoms with Crippen LogP contribution in [0.1, 0.15) is 13.3 Å². The third kappa shape index (κ3) is 2.01. The smallest absolute Gasteiger partial charge is 0.117 e. The Morgan fingerprint density at radius 2 is 1.92 bits per heavy atom. The Bertz CT molecular complexity index is 269. The van der Waals surface area contributed by atoms with Gasteiger partial charge in [-0.05, 0) is 12.5 Å². The Hall–Kier alpha value is -0.180. The standard InChI is InChI=1S/C9H12Cl2O2/c1-5-8(10)6(12-2)4-7(13-3)9(5)11/h6H,4H2,1-3H3. The number of hydrogen-bond donors (Lipinski definition) is 0. The van der Waals surface area contributed by atoms with E-state index in [0.29, 0.717) is 16.5 Å². The number of methoxy groups -OCH3 is 2. The lowest BCUT2D eigenvalue weighted by molar-refractivity contribution is 0.116. The monoisotopic (exact) mass is 222 g/mol. The van der Waals surface area contributed by atoms with E-state index in [9.17, 15) is 0 Å². The van der Waals surface area contributed by atoms with Gasteiger partial charge in [0.05, 0.1) is 17.2 Å². The zero-order valence-corrected chi connectivity index (χ0v) is 9.37. The molecular weight excluding hydrogens is 211 g/mol. The molecule has 74 valence electrons. The van der Waals surface area contributed by atoms with E-state index in [4.69, 9.17) is 32.7 Å². The number of rotatable bonds is 2. The average molecular weight is 223 g/mol. The topological polar surface area (TPSA) is 18.5 Å². The summed E-state index contributed by atoms with van der Waals surface area (Å²) < 4.78 is 10.3. The first-order valence-corrected chi connectivity index (χ1v) is 4.69. The van der Waals surface area contributed by atoms with Gasteiger partial charge in [-0.25, -0.2) is 0 Å². The van der Waals surface area contributed by atoms with E-state index in [0.717, 1.165) is 11.3 Å². The lowest BCUT2D eigenvalue weighted by Crippen LogP contribution is -2.18. The van der Waals surface area contributed by atoms with Crippen LogP contribution in [0.4, 0.5) is 0 Å². The first-order valence-electron chi connectivity index (χ1n) is 3.93. The minimum atomic E-state index is -0.126. The van der Waals surface area contributed by atoms with Crippen molar-refractivity contribution in [2.75, 3.05) is 14.2 Å². The van der Waals surface area contributed by atoms with Crippen molar-refractivity contribution in [1.29, 1.82) is 0 Å². The molecule has 2 nitrogen and oxygen atoms in total. The van der Waals surface area contributed by atoms with E-state index in [2.05, 4.69) is 0 Å². The van der Waals surface area contributed by atoms with Crippen molar-refractivity contribution in [3.05, 3.63) is 21.4 Å². The number of halogens is 2.